The molecule has 1 aromatic rings. The van der Waals surface area contributed by atoms with Crippen LogP contribution < -0.4 is 11.1 Å². The van der Waals surface area contributed by atoms with E-state index >= 15 is 0 Å². The molecule has 2 aliphatic rings. The van der Waals surface area contributed by atoms with Crippen LogP contribution in [0.1, 0.15) is 38.7 Å². The van der Waals surface area contributed by atoms with E-state index in [1.165, 1.54) is 0 Å². The average Bonchev–Trinajstić information content (AvgIpc) is 2.78. The number of ketones is 1. The molecule has 3 rings (SSSR count). The van der Waals surface area contributed by atoms with Crippen LogP contribution in [0.15, 0.2) is 12.1 Å². The largest absolute Gasteiger partial charge is 0.436 e. The highest BCUT2D eigenvalue weighted by atomic mass is 19.2. The average molecular weight is 515 g/mol. The zero-order valence-corrected chi connectivity index (χ0v) is 19.9. The molecule has 0 unspecified atom stereocenters. The molecule has 0 radical (unpaired) electrons. The topological polar surface area (TPSA) is 137 Å². The minimum atomic E-state index is -1.32. The van der Waals surface area contributed by atoms with Crippen LogP contribution in [-0.2, 0) is 39.9 Å². The lowest BCUT2D eigenvalue weighted by Crippen LogP contribution is -2.56. The number of piperazine rings is 1. The summed E-state index contributed by atoms with van der Waals surface area (Å²) >= 11 is 0. The fourth-order valence-corrected chi connectivity index (χ4v) is 3.88. The van der Waals surface area contributed by atoms with Gasteiger partial charge >= 0.3 is 17.8 Å². The number of nitrogens with one attached hydrogen (secondary N) is 1. The number of nitrogens with two attached hydrogens (primary N) is 1. The first-order valence-corrected chi connectivity index (χ1v) is 11.4. The number of carbonyl (C=O) groups is 4. The van der Waals surface area contributed by atoms with Gasteiger partial charge in [-0.25, -0.2) is 18.0 Å². The molecule has 2 bridgehead atoms. The van der Waals surface area contributed by atoms with Gasteiger partial charge in [-0.05, 0) is 31.9 Å². The van der Waals surface area contributed by atoms with E-state index in [1.807, 2.05) is 0 Å². The minimum absolute atomic E-state index is 0.111. The Hall–Kier alpha value is -3.03. The van der Waals surface area contributed by atoms with Crippen LogP contribution in [0.25, 0.3) is 0 Å². The van der Waals surface area contributed by atoms with Gasteiger partial charge in [0.05, 0.1) is 31.1 Å². The van der Waals surface area contributed by atoms with E-state index in [0.29, 0.717) is 12.1 Å². The van der Waals surface area contributed by atoms with E-state index in [-0.39, 0.29) is 50.3 Å². The van der Waals surface area contributed by atoms with Crippen LogP contribution in [0, 0.1) is 23.4 Å². The Morgan fingerprint density at radius 1 is 1.22 bits per heavy atom. The smallest absolute Gasteiger partial charge is 0.333 e. The Kier molecular flexibility index (Phi) is 8.69. The van der Waals surface area contributed by atoms with Crippen LogP contribution in [0.3, 0.4) is 0 Å². The maximum atomic E-state index is 13.8. The van der Waals surface area contributed by atoms with Crippen LogP contribution in [-0.4, -0.2) is 66.3 Å². The molecular weight excluding hydrogens is 487 g/mol. The molecule has 2 saturated heterocycles. The molecule has 2 fully saturated rings. The van der Waals surface area contributed by atoms with Gasteiger partial charge in [-0.3, -0.25) is 19.7 Å². The van der Waals surface area contributed by atoms with Crippen molar-refractivity contribution in [3.63, 3.8) is 0 Å². The fraction of sp³-hybridized carbons (Fsp3) is 0.565. The van der Waals surface area contributed by atoms with Crippen LogP contribution in [0.5, 0.6) is 0 Å². The number of esters is 1. The lowest BCUT2D eigenvalue weighted by atomic mass is 9.95. The summed E-state index contributed by atoms with van der Waals surface area (Å²) in [7, 11) is 0. The number of fused-ring (bicyclic) bond motifs is 2. The highest BCUT2D eigenvalue weighted by Crippen LogP contribution is 2.22. The first-order chi connectivity index (χ1) is 16.8. The number of benzene rings is 1. The van der Waals surface area contributed by atoms with Crippen molar-refractivity contribution >= 4 is 23.6 Å². The van der Waals surface area contributed by atoms with Crippen molar-refractivity contribution < 1.29 is 46.7 Å². The molecule has 198 valence electrons. The van der Waals surface area contributed by atoms with Crippen molar-refractivity contribution in [2.75, 3.05) is 19.7 Å². The molecule has 2 heterocycles. The Labute approximate surface area is 205 Å². The lowest BCUT2D eigenvalue weighted by Gasteiger charge is -2.29. The third-order valence-corrected chi connectivity index (χ3v) is 5.67. The van der Waals surface area contributed by atoms with Crippen LogP contribution >= 0.6 is 0 Å². The third-order valence-electron chi connectivity index (χ3n) is 5.67. The second-order valence-electron chi connectivity index (χ2n) is 9.39. The SMILES string of the molecule is CC(C)(CC(=O)C[C@H](N)Cc1cc(F)c(F)cc1F)OC[C@H]1CC(=O)ON2CCN[C@H](OC1=O)C2=O. The van der Waals surface area contributed by atoms with E-state index in [9.17, 15) is 32.3 Å². The molecule has 0 saturated carbocycles. The van der Waals surface area contributed by atoms with Gasteiger partial charge in [0.15, 0.2) is 11.6 Å². The van der Waals surface area contributed by atoms with Crippen molar-refractivity contribution in [1.29, 1.82) is 0 Å². The van der Waals surface area contributed by atoms with E-state index in [4.69, 9.17) is 20.0 Å². The second-order valence-corrected chi connectivity index (χ2v) is 9.39. The van der Waals surface area contributed by atoms with Crippen LogP contribution in [0.4, 0.5) is 13.2 Å². The Balaban J connectivity index is 1.54. The highest BCUT2D eigenvalue weighted by Gasteiger charge is 2.39. The molecular formula is C23H28F3N3O7. The van der Waals surface area contributed by atoms with E-state index in [2.05, 4.69) is 5.32 Å². The maximum Gasteiger partial charge on any atom is 0.333 e. The van der Waals surface area contributed by atoms with Crippen molar-refractivity contribution in [3.8, 4) is 0 Å². The molecule has 0 spiro atoms. The normalized spacial score (nSPS) is 21.7. The first-order valence-electron chi connectivity index (χ1n) is 11.4. The number of nitrogens with zero attached hydrogens (tertiary/aromatic N) is 1. The summed E-state index contributed by atoms with van der Waals surface area (Å²) in [5.74, 6) is -7.26. The quantitative estimate of drug-likeness (QED) is 0.363. The molecule has 0 aliphatic carbocycles. The first kappa shape index (κ1) is 27.6. The fourth-order valence-electron chi connectivity index (χ4n) is 3.88. The highest BCUT2D eigenvalue weighted by molar-refractivity contribution is 5.88. The molecule has 2 aliphatic heterocycles. The molecule has 13 heteroatoms. The van der Waals surface area contributed by atoms with Gasteiger partial charge in [0.25, 0.3) is 0 Å². The van der Waals surface area contributed by atoms with Crippen molar-refractivity contribution in [2.45, 2.75) is 57.4 Å². The van der Waals surface area contributed by atoms with Gasteiger partial charge in [0.1, 0.15) is 11.6 Å². The van der Waals surface area contributed by atoms with Gasteiger partial charge in [-0.1, -0.05) is 0 Å². The Morgan fingerprint density at radius 2 is 1.92 bits per heavy atom. The molecule has 0 aromatic heterocycles. The van der Waals surface area contributed by atoms with Gasteiger partial charge in [0, 0.05) is 31.5 Å². The monoisotopic (exact) mass is 515 g/mol. The third kappa shape index (κ3) is 7.24. The number of halogens is 3. The summed E-state index contributed by atoms with van der Waals surface area (Å²) in [4.78, 5) is 54.5. The zero-order chi connectivity index (χ0) is 26.6. The summed E-state index contributed by atoms with van der Waals surface area (Å²) in [6.07, 6.45) is -2.19. The summed E-state index contributed by atoms with van der Waals surface area (Å²) < 4.78 is 51.2. The Bertz CT molecular complexity index is 1040. The predicted octanol–water partition coefficient (Wildman–Crippen LogP) is 0.897. The number of amides is 1. The number of carbonyl (C=O) groups excluding carboxylic acids is 4. The van der Waals surface area contributed by atoms with Crippen LogP contribution in [0.2, 0.25) is 0 Å². The summed E-state index contributed by atoms with van der Waals surface area (Å²) in [5.41, 5.74) is 4.68. The molecule has 10 nitrogen and oxygen atoms in total. The van der Waals surface area contributed by atoms with Crippen molar-refractivity contribution in [3.05, 3.63) is 35.1 Å². The van der Waals surface area contributed by atoms with Crippen molar-refractivity contribution in [2.24, 2.45) is 11.7 Å². The summed E-state index contributed by atoms with van der Waals surface area (Å²) in [5, 5.41) is 3.56. The number of ether oxygens (including phenoxy) is 2. The maximum absolute atomic E-state index is 13.8. The number of Topliss-reactive ketones (excluding diaryl/α,β-unsaturated/α-hetero) is 1. The molecule has 1 amide bonds. The molecule has 36 heavy (non-hydrogen) atoms. The zero-order valence-electron chi connectivity index (χ0n) is 19.9. The lowest BCUT2D eigenvalue weighted by molar-refractivity contribution is -0.208. The van der Waals surface area contributed by atoms with Gasteiger partial charge in [-0.15, -0.1) is 0 Å². The Morgan fingerprint density at radius 3 is 2.64 bits per heavy atom. The van der Waals surface area contributed by atoms with Crippen molar-refractivity contribution in [1.82, 2.24) is 10.4 Å². The molecule has 3 atom stereocenters. The van der Waals surface area contributed by atoms with Gasteiger partial charge < -0.3 is 20.0 Å². The minimum Gasteiger partial charge on any atom is -0.436 e. The van der Waals surface area contributed by atoms with E-state index in [1.54, 1.807) is 13.8 Å². The number of hydroxylamine groups is 2. The summed E-state index contributed by atoms with van der Waals surface area (Å²) in [6, 6.07) is 0.271. The second kappa shape index (κ2) is 11.4. The van der Waals surface area contributed by atoms with E-state index in [0.717, 1.165) is 5.06 Å². The van der Waals surface area contributed by atoms with Gasteiger partial charge in [0.2, 0.25) is 6.23 Å². The van der Waals surface area contributed by atoms with Gasteiger partial charge in [-0.2, -0.15) is 5.06 Å². The standard InChI is InChI=1S/C23H28F3N3O7/c1-23(2,10-15(30)8-14(27)5-12-6-17(25)18(26)9-16(12)24)34-11-13-7-19(31)36-29-4-3-28-20(21(29)32)35-22(13)33/h6,9,13-14,20,28H,3-5,7-8,10-11,27H2,1-2H3/t13-,14-,20-/m1/s1. The number of rotatable bonds is 9. The molecule has 1 aromatic carbocycles. The number of hydrogen-bond donors (Lipinski definition) is 2. The molecule has 3 N–H and O–H groups in total. The van der Waals surface area contributed by atoms with E-state index < -0.39 is 65.5 Å². The number of hydrogen-bond acceptors (Lipinski definition) is 9. The predicted molar refractivity (Wildman–Crippen MR) is 116 cm³/mol. The summed E-state index contributed by atoms with van der Waals surface area (Å²) in [6.45, 7) is 3.27.